The number of hydrogen-bond donors (Lipinski definition) is 2. The molecule has 0 radical (unpaired) electrons. The largest absolute Gasteiger partial charge is 0.351 e. The molecular formula is C18H27N3O. The Morgan fingerprint density at radius 2 is 1.91 bits per heavy atom. The molecule has 0 aliphatic heterocycles. The first-order valence-corrected chi connectivity index (χ1v) is 7.84. The van der Waals surface area contributed by atoms with Gasteiger partial charge in [-0.05, 0) is 57.1 Å². The van der Waals surface area contributed by atoms with Crippen molar-refractivity contribution in [3.63, 3.8) is 0 Å². The second-order valence-electron chi connectivity index (χ2n) is 6.71. The van der Waals surface area contributed by atoms with Crippen LogP contribution >= 0.6 is 0 Å². The third kappa shape index (κ3) is 3.50. The van der Waals surface area contributed by atoms with Gasteiger partial charge in [0.1, 0.15) is 5.69 Å². The minimum Gasteiger partial charge on any atom is -0.351 e. The summed E-state index contributed by atoms with van der Waals surface area (Å²) in [5.74, 6) is 0.448. The lowest BCUT2D eigenvalue weighted by atomic mass is 10.0. The first kappa shape index (κ1) is 16.6. The summed E-state index contributed by atoms with van der Waals surface area (Å²) < 4.78 is 0. The van der Waals surface area contributed by atoms with E-state index in [0.29, 0.717) is 24.2 Å². The molecule has 1 amide bonds. The summed E-state index contributed by atoms with van der Waals surface area (Å²) in [6.07, 6.45) is 0. The molecular weight excluding hydrogens is 274 g/mol. The van der Waals surface area contributed by atoms with Crippen LogP contribution < -0.4 is 5.32 Å². The molecule has 22 heavy (non-hydrogen) atoms. The van der Waals surface area contributed by atoms with Gasteiger partial charge in [-0.2, -0.15) is 0 Å². The van der Waals surface area contributed by atoms with Gasteiger partial charge >= 0.3 is 0 Å². The van der Waals surface area contributed by atoms with Crippen molar-refractivity contribution in [3.8, 4) is 0 Å². The van der Waals surface area contributed by atoms with Crippen molar-refractivity contribution in [2.24, 2.45) is 5.92 Å². The Hall–Kier alpha value is -1.81. The van der Waals surface area contributed by atoms with E-state index < -0.39 is 0 Å². The first-order valence-electron chi connectivity index (χ1n) is 7.84. The van der Waals surface area contributed by atoms with Gasteiger partial charge in [0.05, 0.1) is 0 Å². The standard InChI is InChI=1S/C18H27N3O/c1-11(2)17(21(5)6)10-19-18(22)16-9-14-13(4)7-12(3)8-15(14)20-16/h7-9,11,17,20H,10H2,1-6H3,(H,19,22). The van der Waals surface area contributed by atoms with E-state index in [4.69, 9.17) is 0 Å². The van der Waals surface area contributed by atoms with Gasteiger partial charge in [-0.15, -0.1) is 0 Å². The number of hydrogen-bond acceptors (Lipinski definition) is 2. The van der Waals surface area contributed by atoms with Gasteiger partial charge in [-0.1, -0.05) is 19.9 Å². The highest BCUT2D eigenvalue weighted by Crippen LogP contribution is 2.21. The molecule has 0 aliphatic carbocycles. The fourth-order valence-electron chi connectivity index (χ4n) is 3.03. The SMILES string of the molecule is Cc1cc(C)c2cc(C(=O)NCC(C(C)C)N(C)C)[nH]c2c1. The van der Waals surface area contributed by atoms with Crippen molar-refractivity contribution in [1.29, 1.82) is 0 Å². The molecule has 1 unspecified atom stereocenters. The van der Waals surface area contributed by atoms with E-state index in [-0.39, 0.29) is 5.91 Å². The number of carbonyl (C=O) groups excluding carboxylic acids is 1. The Balaban J connectivity index is 2.15. The van der Waals surface area contributed by atoms with Crippen LogP contribution in [0.1, 0.15) is 35.5 Å². The van der Waals surface area contributed by atoms with Crippen LogP contribution in [0.25, 0.3) is 10.9 Å². The molecule has 1 atom stereocenters. The van der Waals surface area contributed by atoms with Crippen LogP contribution in [0, 0.1) is 19.8 Å². The number of carbonyl (C=O) groups is 1. The number of fused-ring (bicyclic) bond motifs is 1. The lowest BCUT2D eigenvalue weighted by Gasteiger charge is -2.27. The van der Waals surface area contributed by atoms with E-state index in [2.05, 4.69) is 55.0 Å². The molecule has 1 aromatic carbocycles. The number of H-pyrrole nitrogens is 1. The molecule has 4 heteroatoms. The van der Waals surface area contributed by atoms with E-state index >= 15 is 0 Å². The average Bonchev–Trinajstić information content (AvgIpc) is 2.82. The monoisotopic (exact) mass is 301 g/mol. The van der Waals surface area contributed by atoms with Gasteiger partial charge in [0.25, 0.3) is 5.91 Å². The van der Waals surface area contributed by atoms with Crippen molar-refractivity contribution < 1.29 is 4.79 Å². The van der Waals surface area contributed by atoms with Crippen LogP contribution in [0.3, 0.4) is 0 Å². The quantitative estimate of drug-likeness (QED) is 0.891. The van der Waals surface area contributed by atoms with Crippen molar-refractivity contribution in [2.75, 3.05) is 20.6 Å². The van der Waals surface area contributed by atoms with Gasteiger partial charge < -0.3 is 15.2 Å². The first-order chi connectivity index (χ1) is 10.3. The highest BCUT2D eigenvalue weighted by Gasteiger charge is 2.18. The summed E-state index contributed by atoms with van der Waals surface area (Å²) in [6, 6.07) is 6.49. The molecule has 0 saturated heterocycles. The van der Waals surface area contributed by atoms with E-state index in [9.17, 15) is 4.79 Å². The molecule has 120 valence electrons. The summed E-state index contributed by atoms with van der Waals surface area (Å²) in [5, 5.41) is 4.16. The van der Waals surface area contributed by atoms with Crippen LogP contribution in [-0.2, 0) is 0 Å². The normalized spacial score (nSPS) is 13.1. The summed E-state index contributed by atoms with van der Waals surface area (Å²) >= 11 is 0. The number of aromatic nitrogens is 1. The molecule has 2 N–H and O–H groups in total. The summed E-state index contributed by atoms with van der Waals surface area (Å²) in [5.41, 5.74) is 4.05. The van der Waals surface area contributed by atoms with E-state index in [1.165, 1.54) is 11.1 Å². The number of nitrogens with one attached hydrogen (secondary N) is 2. The van der Waals surface area contributed by atoms with Crippen LogP contribution in [0.2, 0.25) is 0 Å². The second kappa shape index (κ2) is 6.53. The number of aromatic amines is 1. The van der Waals surface area contributed by atoms with E-state index in [0.717, 1.165) is 10.9 Å². The summed E-state index contributed by atoms with van der Waals surface area (Å²) in [7, 11) is 4.10. The lowest BCUT2D eigenvalue weighted by molar-refractivity contribution is 0.0930. The van der Waals surface area contributed by atoms with Gasteiger partial charge in [0.2, 0.25) is 0 Å². The molecule has 0 aliphatic rings. The van der Waals surface area contributed by atoms with E-state index in [1.807, 2.05) is 20.2 Å². The third-order valence-electron chi connectivity index (χ3n) is 4.24. The fourth-order valence-corrected chi connectivity index (χ4v) is 3.03. The predicted molar refractivity (Wildman–Crippen MR) is 92.4 cm³/mol. The van der Waals surface area contributed by atoms with Gasteiger partial charge in [-0.25, -0.2) is 0 Å². The second-order valence-corrected chi connectivity index (χ2v) is 6.71. The number of aryl methyl sites for hydroxylation is 2. The Kier molecular flexibility index (Phi) is 4.91. The highest BCUT2D eigenvalue weighted by molar-refractivity contribution is 5.99. The minimum atomic E-state index is -0.0410. The fraction of sp³-hybridized carbons (Fsp3) is 0.500. The lowest BCUT2D eigenvalue weighted by Crippen LogP contribution is -2.43. The smallest absolute Gasteiger partial charge is 0.267 e. The van der Waals surface area contributed by atoms with Crippen LogP contribution in [0.5, 0.6) is 0 Å². The predicted octanol–water partition coefficient (Wildman–Crippen LogP) is 3.10. The number of rotatable bonds is 5. The van der Waals surface area contributed by atoms with Gasteiger partial charge in [-0.3, -0.25) is 4.79 Å². The topological polar surface area (TPSA) is 48.1 Å². The molecule has 2 aromatic rings. The van der Waals surface area contributed by atoms with Crippen molar-refractivity contribution >= 4 is 16.8 Å². The summed E-state index contributed by atoms with van der Waals surface area (Å²) in [4.78, 5) is 17.8. The molecule has 2 rings (SSSR count). The Labute approximate surface area is 132 Å². The van der Waals surface area contributed by atoms with Crippen LogP contribution in [0.15, 0.2) is 18.2 Å². The third-order valence-corrected chi connectivity index (χ3v) is 4.24. The maximum absolute atomic E-state index is 12.4. The van der Waals surface area contributed by atoms with Crippen molar-refractivity contribution in [2.45, 2.75) is 33.7 Å². The molecule has 0 fully saturated rings. The average molecular weight is 301 g/mol. The Bertz CT molecular complexity index is 662. The molecule has 1 heterocycles. The number of benzene rings is 1. The Morgan fingerprint density at radius 3 is 2.50 bits per heavy atom. The zero-order valence-electron chi connectivity index (χ0n) is 14.4. The van der Waals surface area contributed by atoms with Gasteiger partial charge in [0, 0.05) is 23.5 Å². The molecule has 0 bridgehead atoms. The molecule has 0 spiro atoms. The molecule has 1 aromatic heterocycles. The zero-order valence-corrected chi connectivity index (χ0v) is 14.4. The Morgan fingerprint density at radius 1 is 1.23 bits per heavy atom. The highest BCUT2D eigenvalue weighted by atomic mass is 16.1. The number of likely N-dealkylation sites (N-methyl/N-ethyl adjacent to an activating group) is 1. The van der Waals surface area contributed by atoms with Crippen molar-refractivity contribution in [1.82, 2.24) is 15.2 Å². The molecule has 0 saturated carbocycles. The summed E-state index contributed by atoms with van der Waals surface area (Å²) in [6.45, 7) is 9.14. The van der Waals surface area contributed by atoms with Crippen LogP contribution in [-0.4, -0.2) is 42.5 Å². The van der Waals surface area contributed by atoms with Gasteiger partial charge in [0.15, 0.2) is 0 Å². The van der Waals surface area contributed by atoms with Crippen LogP contribution in [0.4, 0.5) is 0 Å². The van der Waals surface area contributed by atoms with Crippen molar-refractivity contribution in [3.05, 3.63) is 35.0 Å². The van der Waals surface area contributed by atoms with E-state index in [1.54, 1.807) is 0 Å². The number of amides is 1. The zero-order chi connectivity index (χ0) is 16.4. The molecule has 4 nitrogen and oxygen atoms in total. The minimum absolute atomic E-state index is 0.0410. The maximum atomic E-state index is 12.4. The maximum Gasteiger partial charge on any atom is 0.267 e. The number of nitrogens with zero attached hydrogens (tertiary/aromatic N) is 1.